The van der Waals surface area contributed by atoms with Gasteiger partial charge in [0.15, 0.2) is 0 Å². The zero-order valence-corrected chi connectivity index (χ0v) is 11.4. The Balaban J connectivity index is 2.05. The predicted molar refractivity (Wildman–Crippen MR) is 75.3 cm³/mol. The Hall–Kier alpha value is -1.94. The molecule has 0 saturated carbocycles. The second kappa shape index (κ2) is 6.85. The van der Waals surface area contributed by atoms with Crippen molar-refractivity contribution in [1.82, 2.24) is 15.3 Å². The average molecular weight is 257 g/mol. The zero-order chi connectivity index (χ0) is 13.5. The van der Waals surface area contributed by atoms with E-state index in [0.717, 1.165) is 30.8 Å². The molecular weight excluding hydrogens is 238 g/mol. The van der Waals surface area contributed by atoms with Gasteiger partial charge in [-0.3, -0.25) is 0 Å². The fourth-order valence-electron chi connectivity index (χ4n) is 1.83. The summed E-state index contributed by atoms with van der Waals surface area (Å²) in [5.74, 6) is 1.39. The van der Waals surface area contributed by atoms with Gasteiger partial charge in [0.05, 0.1) is 0 Å². The summed E-state index contributed by atoms with van der Waals surface area (Å²) in [5, 5.41) is 3.11. The lowest BCUT2D eigenvalue weighted by molar-refractivity contribution is 0.460. The Bertz CT molecular complexity index is 511. The zero-order valence-electron chi connectivity index (χ0n) is 11.4. The molecule has 1 N–H and O–H groups in total. The van der Waals surface area contributed by atoms with E-state index in [4.69, 9.17) is 4.74 Å². The first-order valence-electron chi connectivity index (χ1n) is 6.54. The minimum absolute atomic E-state index is 0.597. The standard InChI is InChI=1S/C15H19N3O/c1-3-4-13-9-15(18-11-17-13)19-14-7-5-12(6-8-14)10-16-2/h5-9,11,16H,3-4,10H2,1-2H3. The first kappa shape index (κ1) is 13.5. The van der Waals surface area contributed by atoms with Gasteiger partial charge in [-0.05, 0) is 31.2 Å². The molecule has 2 aromatic rings. The van der Waals surface area contributed by atoms with Crippen LogP contribution in [0.1, 0.15) is 24.6 Å². The van der Waals surface area contributed by atoms with Crippen molar-refractivity contribution in [3.63, 3.8) is 0 Å². The number of aromatic nitrogens is 2. The fourth-order valence-corrected chi connectivity index (χ4v) is 1.83. The third-order valence-corrected chi connectivity index (χ3v) is 2.73. The molecule has 0 aliphatic carbocycles. The van der Waals surface area contributed by atoms with Gasteiger partial charge >= 0.3 is 0 Å². The number of hydrogen-bond donors (Lipinski definition) is 1. The van der Waals surface area contributed by atoms with Crippen LogP contribution < -0.4 is 10.1 Å². The molecule has 100 valence electrons. The fraction of sp³-hybridized carbons (Fsp3) is 0.333. The lowest BCUT2D eigenvalue weighted by Gasteiger charge is -2.06. The van der Waals surface area contributed by atoms with E-state index in [-0.39, 0.29) is 0 Å². The van der Waals surface area contributed by atoms with Crippen LogP contribution in [-0.2, 0) is 13.0 Å². The van der Waals surface area contributed by atoms with Gasteiger partial charge in [0.1, 0.15) is 12.1 Å². The Morgan fingerprint density at radius 2 is 1.95 bits per heavy atom. The lowest BCUT2D eigenvalue weighted by atomic mass is 10.2. The Labute approximate surface area is 113 Å². The lowest BCUT2D eigenvalue weighted by Crippen LogP contribution is -2.04. The maximum absolute atomic E-state index is 5.73. The van der Waals surface area contributed by atoms with E-state index in [1.54, 1.807) is 6.33 Å². The van der Waals surface area contributed by atoms with Crippen LogP contribution in [0.4, 0.5) is 0 Å². The van der Waals surface area contributed by atoms with Gasteiger partial charge in [0, 0.05) is 18.3 Å². The molecule has 4 heteroatoms. The molecule has 1 heterocycles. The summed E-state index contributed by atoms with van der Waals surface area (Å²) in [6, 6.07) is 9.88. The van der Waals surface area contributed by atoms with Crippen molar-refractivity contribution in [2.24, 2.45) is 0 Å². The summed E-state index contributed by atoms with van der Waals surface area (Å²) in [4.78, 5) is 8.34. The molecule has 0 fully saturated rings. The van der Waals surface area contributed by atoms with Crippen LogP contribution >= 0.6 is 0 Å². The van der Waals surface area contributed by atoms with Gasteiger partial charge in [0.25, 0.3) is 0 Å². The Morgan fingerprint density at radius 3 is 2.63 bits per heavy atom. The average Bonchev–Trinajstić information content (AvgIpc) is 2.42. The van der Waals surface area contributed by atoms with E-state index in [2.05, 4.69) is 22.2 Å². The summed E-state index contributed by atoms with van der Waals surface area (Å²) in [7, 11) is 1.93. The van der Waals surface area contributed by atoms with Crippen LogP contribution in [0, 0.1) is 0 Å². The second-order valence-corrected chi connectivity index (χ2v) is 4.37. The van der Waals surface area contributed by atoms with Crippen molar-refractivity contribution in [3.8, 4) is 11.6 Å². The van der Waals surface area contributed by atoms with Gasteiger partial charge < -0.3 is 10.1 Å². The van der Waals surface area contributed by atoms with Crippen molar-refractivity contribution < 1.29 is 4.74 Å². The van der Waals surface area contributed by atoms with Gasteiger partial charge in [-0.1, -0.05) is 25.5 Å². The van der Waals surface area contributed by atoms with Crippen molar-refractivity contribution in [3.05, 3.63) is 47.9 Å². The Morgan fingerprint density at radius 1 is 1.16 bits per heavy atom. The van der Waals surface area contributed by atoms with Gasteiger partial charge in [0.2, 0.25) is 5.88 Å². The van der Waals surface area contributed by atoms with Crippen LogP contribution in [-0.4, -0.2) is 17.0 Å². The van der Waals surface area contributed by atoms with E-state index >= 15 is 0 Å². The minimum atomic E-state index is 0.597. The summed E-state index contributed by atoms with van der Waals surface area (Å²) in [5.41, 5.74) is 2.24. The molecule has 0 atom stereocenters. The highest BCUT2D eigenvalue weighted by atomic mass is 16.5. The van der Waals surface area contributed by atoms with E-state index in [9.17, 15) is 0 Å². The van der Waals surface area contributed by atoms with Gasteiger partial charge in [-0.15, -0.1) is 0 Å². The highest BCUT2D eigenvalue weighted by Gasteiger charge is 2.01. The van der Waals surface area contributed by atoms with Crippen LogP contribution in [0.5, 0.6) is 11.6 Å². The number of nitrogens with zero attached hydrogens (tertiary/aromatic N) is 2. The van der Waals surface area contributed by atoms with E-state index in [0.29, 0.717) is 5.88 Å². The Kier molecular flexibility index (Phi) is 4.86. The number of nitrogens with one attached hydrogen (secondary N) is 1. The topological polar surface area (TPSA) is 47.0 Å². The molecule has 0 bridgehead atoms. The first-order valence-corrected chi connectivity index (χ1v) is 6.54. The first-order chi connectivity index (χ1) is 9.31. The molecule has 0 saturated heterocycles. The second-order valence-electron chi connectivity index (χ2n) is 4.37. The summed E-state index contributed by atoms with van der Waals surface area (Å²) >= 11 is 0. The number of benzene rings is 1. The van der Waals surface area contributed by atoms with Crippen molar-refractivity contribution >= 4 is 0 Å². The maximum atomic E-state index is 5.73. The summed E-state index contributed by atoms with van der Waals surface area (Å²) < 4.78 is 5.73. The molecule has 19 heavy (non-hydrogen) atoms. The molecule has 0 unspecified atom stereocenters. The number of rotatable bonds is 6. The van der Waals surface area contributed by atoms with E-state index in [1.165, 1.54) is 5.56 Å². The van der Waals surface area contributed by atoms with Gasteiger partial charge in [-0.25, -0.2) is 9.97 Å². The third-order valence-electron chi connectivity index (χ3n) is 2.73. The van der Waals surface area contributed by atoms with Crippen LogP contribution in [0.3, 0.4) is 0 Å². The van der Waals surface area contributed by atoms with E-state index < -0.39 is 0 Å². The third kappa shape index (κ3) is 4.03. The monoisotopic (exact) mass is 257 g/mol. The molecule has 1 aromatic heterocycles. The van der Waals surface area contributed by atoms with Crippen LogP contribution in [0.25, 0.3) is 0 Å². The van der Waals surface area contributed by atoms with Crippen molar-refractivity contribution in [2.75, 3.05) is 7.05 Å². The number of aryl methyl sites for hydroxylation is 1. The van der Waals surface area contributed by atoms with Crippen molar-refractivity contribution in [1.29, 1.82) is 0 Å². The van der Waals surface area contributed by atoms with Crippen LogP contribution in [0.15, 0.2) is 36.7 Å². The molecule has 2 rings (SSSR count). The molecule has 4 nitrogen and oxygen atoms in total. The van der Waals surface area contributed by atoms with Crippen LogP contribution in [0.2, 0.25) is 0 Å². The summed E-state index contributed by atoms with van der Waals surface area (Å²) in [6.07, 6.45) is 3.56. The smallest absolute Gasteiger partial charge is 0.222 e. The minimum Gasteiger partial charge on any atom is -0.439 e. The largest absolute Gasteiger partial charge is 0.439 e. The number of hydrogen-bond acceptors (Lipinski definition) is 4. The molecule has 0 radical (unpaired) electrons. The molecule has 0 aliphatic rings. The summed E-state index contributed by atoms with van der Waals surface area (Å²) in [6.45, 7) is 2.98. The normalized spacial score (nSPS) is 10.4. The molecule has 0 spiro atoms. The molecule has 0 amide bonds. The van der Waals surface area contributed by atoms with Crippen molar-refractivity contribution in [2.45, 2.75) is 26.3 Å². The molecule has 0 aliphatic heterocycles. The van der Waals surface area contributed by atoms with Gasteiger partial charge in [-0.2, -0.15) is 0 Å². The molecular formula is C15H19N3O. The highest BCUT2D eigenvalue weighted by Crippen LogP contribution is 2.20. The number of ether oxygens (including phenoxy) is 1. The SMILES string of the molecule is CCCc1cc(Oc2ccc(CNC)cc2)ncn1. The molecule has 1 aromatic carbocycles. The highest BCUT2D eigenvalue weighted by molar-refractivity contribution is 5.30. The quantitative estimate of drug-likeness (QED) is 0.864. The maximum Gasteiger partial charge on any atom is 0.222 e. The predicted octanol–water partition coefficient (Wildman–Crippen LogP) is 2.94. The van der Waals surface area contributed by atoms with E-state index in [1.807, 2.05) is 37.4 Å².